The van der Waals surface area contributed by atoms with Gasteiger partial charge in [0.15, 0.2) is 0 Å². The quantitative estimate of drug-likeness (QED) is 0.798. The molecule has 104 valence electrons. The number of benzene rings is 1. The van der Waals surface area contributed by atoms with Gasteiger partial charge in [0.1, 0.15) is 0 Å². The van der Waals surface area contributed by atoms with E-state index in [0.29, 0.717) is 5.88 Å². The van der Waals surface area contributed by atoms with E-state index < -0.39 is 0 Å². The Kier molecular flexibility index (Phi) is 2.42. The fourth-order valence-corrected chi connectivity index (χ4v) is 3.08. The first-order chi connectivity index (χ1) is 10.2. The van der Waals surface area contributed by atoms with Gasteiger partial charge >= 0.3 is 0 Å². The highest BCUT2D eigenvalue weighted by Crippen LogP contribution is 2.36. The van der Waals surface area contributed by atoms with E-state index in [1.54, 1.807) is 7.11 Å². The first-order valence-electron chi connectivity index (χ1n) is 6.91. The maximum absolute atomic E-state index is 6.24. The molecule has 4 nitrogen and oxygen atoms in total. The normalized spacial score (nSPS) is 14.8. The zero-order valence-electron chi connectivity index (χ0n) is 12.0. The molecule has 0 atom stereocenters. The van der Waals surface area contributed by atoms with Gasteiger partial charge in [0.25, 0.3) is 0 Å². The molecule has 2 aromatic rings. The van der Waals surface area contributed by atoms with Gasteiger partial charge in [-0.3, -0.25) is 0 Å². The number of nitrogens with two attached hydrogens (primary N) is 1. The number of fused-ring (bicyclic) bond motifs is 4. The number of allylic oxidation sites excluding steroid dienone is 2. The molecule has 1 aromatic heterocycles. The van der Waals surface area contributed by atoms with Crippen LogP contribution in [0.15, 0.2) is 41.2 Å². The predicted octanol–water partition coefficient (Wildman–Crippen LogP) is 1.25. The molecule has 2 heterocycles. The summed E-state index contributed by atoms with van der Waals surface area (Å²) in [5.41, 5.74) is 12.8. The summed E-state index contributed by atoms with van der Waals surface area (Å²) in [4.78, 5) is 9.01. The second-order valence-corrected chi connectivity index (χ2v) is 5.35. The Hall–Kier alpha value is -2.62. The molecule has 2 aliphatic rings. The van der Waals surface area contributed by atoms with Gasteiger partial charge < -0.3 is 10.5 Å². The third-order valence-corrected chi connectivity index (χ3v) is 4.16. The Labute approximate surface area is 122 Å². The molecule has 1 aliphatic carbocycles. The minimum atomic E-state index is 0.579. The van der Waals surface area contributed by atoms with Crippen molar-refractivity contribution in [3.05, 3.63) is 63.4 Å². The highest BCUT2D eigenvalue weighted by molar-refractivity contribution is 5.89. The molecule has 1 aromatic carbocycles. The molecular weight excluding hydrogens is 262 g/mol. The molecule has 2 N–H and O–H groups in total. The van der Waals surface area contributed by atoms with Gasteiger partial charge in [-0.05, 0) is 30.5 Å². The molecule has 0 saturated carbocycles. The summed E-state index contributed by atoms with van der Waals surface area (Å²) >= 11 is 0. The molecule has 0 fully saturated rings. The molecule has 21 heavy (non-hydrogen) atoms. The number of aromatic nitrogens is 1. The first kappa shape index (κ1) is 12.1. The van der Waals surface area contributed by atoms with Crippen LogP contribution in [0.5, 0.6) is 5.88 Å². The number of aryl methyl sites for hydroxylation is 1. The van der Waals surface area contributed by atoms with Crippen LogP contribution >= 0.6 is 0 Å². The Morgan fingerprint density at radius 3 is 2.95 bits per heavy atom. The van der Waals surface area contributed by atoms with Crippen molar-refractivity contribution < 1.29 is 4.74 Å². The minimum absolute atomic E-state index is 0.579. The molecule has 0 unspecified atom stereocenters. The van der Waals surface area contributed by atoms with Crippen LogP contribution in [0.4, 0.5) is 5.69 Å². The lowest BCUT2D eigenvalue weighted by Gasteiger charge is -2.20. The second kappa shape index (κ2) is 4.19. The highest BCUT2D eigenvalue weighted by Gasteiger charge is 2.24. The molecule has 0 spiro atoms. The molecule has 0 radical (unpaired) electrons. The van der Waals surface area contributed by atoms with Crippen molar-refractivity contribution in [1.82, 2.24) is 4.98 Å². The Morgan fingerprint density at radius 1 is 1.29 bits per heavy atom. The van der Waals surface area contributed by atoms with Crippen LogP contribution < -0.4 is 21.0 Å². The van der Waals surface area contributed by atoms with Crippen LogP contribution in [-0.4, -0.2) is 12.1 Å². The van der Waals surface area contributed by atoms with Crippen molar-refractivity contribution in [3.8, 4) is 5.88 Å². The zero-order valence-corrected chi connectivity index (χ0v) is 12.0. The predicted molar refractivity (Wildman–Crippen MR) is 81.5 cm³/mol. The molecule has 0 bridgehead atoms. The SMILES string of the molecule is COc1cc2c(cn1)=C1C(=CCc3c(C)ccc(N)c31)N=2. The maximum atomic E-state index is 6.24. The van der Waals surface area contributed by atoms with E-state index in [1.807, 2.05) is 18.3 Å². The van der Waals surface area contributed by atoms with Gasteiger partial charge in [-0.1, -0.05) is 12.1 Å². The fourth-order valence-electron chi connectivity index (χ4n) is 3.08. The number of nitrogens with zero attached hydrogens (tertiary/aromatic N) is 2. The van der Waals surface area contributed by atoms with E-state index in [4.69, 9.17) is 15.5 Å². The van der Waals surface area contributed by atoms with Crippen molar-refractivity contribution in [2.45, 2.75) is 13.3 Å². The topological polar surface area (TPSA) is 60.5 Å². The van der Waals surface area contributed by atoms with Crippen LogP contribution in [-0.2, 0) is 6.42 Å². The summed E-state index contributed by atoms with van der Waals surface area (Å²) in [6.07, 6.45) is 4.86. The molecule has 0 saturated heterocycles. The number of ether oxygens (including phenoxy) is 1. The molecule has 1 aliphatic heterocycles. The van der Waals surface area contributed by atoms with E-state index in [2.05, 4.69) is 24.1 Å². The Balaban J connectivity index is 2.12. The van der Waals surface area contributed by atoms with Crippen molar-refractivity contribution in [3.63, 3.8) is 0 Å². The van der Waals surface area contributed by atoms with Crippen LogP contribution in [0.25, 0.3) is 5.57 Å². The van der Waals surface area contributed by atoms with Crippen LogP contribution in [0.2, 0.25) is 0 Å². The average molecular weight is 277 g/mol. The summed E-state index contributed by atoms with van der Waals surface area (Å²) in [6.45, 7) is 2.12. The highest BCUT2D eigenvalue weighted by atomic mass is 16.5. The van der Waals surface area contributed by atoms with E-state index in [9.17, 15) is 0 Å². The number of nitrogen functional groups attached to an aromatic ring is 1. The molecule has 4 rings (SSSR count). The standard InChI is InChI=1S/C17H15N3O/c1-9-3-5-12(18)16-10(9)4-6-13-17(16)11-8-19-15(21-2)7-14(11)20-13/h3,5-8H,4,18H2,1-2H3. The largest absolute Gasteiger partial charge is 0.481 e. The van der Waals surface area contributed by atoms with Gasteiger partial charge in [-0.25, -0.2) is 9.98 Å². The van der Waals surface area contributed by atoms with Gasteiger partial charge in [0.05, 0.1) is 18.2 Å². The van der Waals surface area contributed by atoms with Crippen molar-refractivity contribution >= 4 is 11.3 Å². The van der Waals surface area contributed by atoms with Gasteiger partial charge in [-0.2, -0.15) is 0 Å². The summed E-state index contributed by atoms with van der Waals surface area (Å²) in [5.74, 6) is 0.579. The number of hydrogen-bond acceptors (Lipinski definition) is 4. The van der Waals surface area contributed by atoms with Gasteiger partial charge in [0.2, 0.25) is 5.88 Å². The van der Waals surface area contributed by atoms with Crippen molar-refractivity contribution in [1.29, 1.82) is 0 Å². The number of methoxy groups -OCH3 is 1. The van der Waals surface area contributed by atoms with Crippen LogP contribution in [0, 0.1) is 6.92 Å². The third kappa shape index (κ3) is 1.62. The lowest BCUT2D eigenvalue weighted by Crippen LogP contribution is -2.25. The minimum Gasteiger partial charge on any atom is -0.481 e. The summed E-state index contributed by atoms with van der Waals surface area (Å²) in [5, 5.41) is 1.93. The molecular formula is C17H15N3O. The number of anilines is 1. The van der Waals surface area contributed by atoms with Crippen molar-refractivity contribution in [2.24, 2.45) is 4.99 Å². The molecule has 0 amide bonds. The number of rotatable bonds is 1. The lowest BCUT2D eigenvalue weighted by molar-refractivity contribution is 0.397. The van der Waals surface area contributed by atoms with E-state index in [0.717, 1.165) is 39.5 Å². The maximum Gasteiger partial charge on any atom is 0.215 e. The fraction of sp³-hybridized carbons (Fsp3) is 0.176. The van der Waals surface area contributed by atoms with Crippen LogP contribution in [0.3, 0.4) is 0 Å². The Bertz CT molecular complexity index is 926. The smallest absolute Gasteiger partial charge is 0.215 e. The Morgan fingerprint density at radius 2 is 2.14 bits per heavy atom. The van der Waals surface area contributed by atoms with Gasteiger partial charge in [-0.15, -0.1) is 0 Å². The summed E-state index contributed by atoms with van der Waals surface area (Å²) in [7, 11) is 1.61. The number of pyridine rings is 1. The van der Waals surface area contributed by atoms with E-state index >= 15 is 0 Å². The van der Waals surface area contributed by atoms with Crippen LogP contribution in [0.1, 0.15) is 16.7 Å². The first-order valence-corrected chi connectivity index (χ1v) is 6.91. The van der Waals surface area contributed by atoms with Gasteiger partial charge in [0, 0.05) is 34.3 Å². The summed E-state index contributed by atoms with van der Waals surface area (Å²) < 4.78 is 5.18. The third-order valence-electron chi connectivity index (χ3n) is 4.16. The van der Waals surface area contributed by atoms with E-state index in [-0.39, 0.29) is 0 Å². The average Bonchev–Trinajstić information content (AvgIpc) is 2.88. The van der Waals surface area contributed by atoms with Crippen molar-refractivity contribution in [2.75, 3.05) is 12.8 Å². The summed E-state index contributed by atoms with van der Waals surface area (Å²) in [6, 6.07) is 5.92. The lowest BCUT2D eigenvalue weighted by atomic mass is 9.86. The zero-order chi connectivity index (χ0) is 14.6. The second-order valence-electron chi connectivity index (χ2n) is 5.35. The number of hydrogen-bond donors (Lipinski definition) is 1. The monoisotopic (exact) mass is 277 g/mol. The van der Waals surface area contributed by atoms with E-state index in [1.165, 1.54) is 11.1 Å². The molecule has 4 heteroatoms.